The quantitative estimate of drug-likeness (QED) is 0.903. The minimum Gasteiger partial charge on any atom is -0.478 e. The molecule has 5 nitrogen and oxygen atoms in total. The fraction of sp³-hybridized carbons (Fsp3) is 0. The molecule has 0 aliphatic heterocycles. The molecule has 0 radical (unpaired) electrons. The minimum absolute atomic E-state index is 0.0101. The zero-order valence-corrected chi connectivity index (χ0v) is 10.4. The van der Waals surface area contributed by atoms with Gasteiger partial charge in [0.25, 0.3) is 5.91 Å². The molecule has 6 heteroatoms. The number of hydrogen-bond acceptors (Lipinski definition) is 3. The van der Waals surface area contributed by atoms with E-state index in [2.05, 4.69) is 10.3 Å². The van der Waals surface area contributed by atoms with Gasteiger partial charge in [-0.2, -0.15) is 0 Å². The molecular weight excluding hydrogens is 268 g/mol. The second-order valence-electron chi connectivity index (χ2n) is 3.66. The second-order valence-corrected chi connectivity index (χ2v) is 4.07. The fourth-order valence-electron chi connectivity index (χ4n) is 1.51. The van der Waals surface area contributed by atoms with Crippen molar-refractivity contribution in [2.45, 2.75) is 0 Å². The molecule has 2 rings (SSSR count). The van der Waals surface area contributed by atoms with E-state index >= 15 is 0 Å². The molecule has 1 aromatic carbocycles. The number of nitrogens with zero attached hydrogens (tertiary/aromatic N) is 1. The third-order valence-corrected chi connectivity index (χ3v) is 2.75. The number of aromatic nitrogens is 1. The van der Waals surface area contributed by atoms with Gasteiger partial charge in [0.2, 0.25) is 0 Å². The van der Waals surface area contributed by atoms with Crippen molar-refractivity contribution in [2.24, 2.45) is 0 Å². The Morgan fingerprint density at radius 2 is 1.89 bits per heavy atom. The molecule has 2 N–H and O–H groups in total. The van der Waals surface area contributed by atoms with Crippen LogP contribution in [-0.4, -0.2) is 22.0 Å². The maximum Gasteiger partial charge on any atom is 0.337 e. The average Bonchev–Trinajstić information content (AvgIpc) is 2.39. The summed E-state index contributed by atoms with van der Waals surface area (Å²) in [7, 11) is 0. The van der Waals surface area contributed by atoms with Crippen molar-refractivity contribution in [3.63, 3.8) is 0 Å². The van der Waals surface area contributed by atoms with Crippen molar-refractivity contribution in [3.8, 4) is 0 Å². The lowest BCUT2D eigenvalue weighted by atomic mass is 10.1. The van der Waals surface area contributed by atoms with Crippen LogP contribution in [0, 0.1) is 0 Å². The van der Waals surface area contributed by atoms with Crippen molar-refractivity contribution in [1.29, 1.82) is 0 Å². The molecular formula is C13H9ClN2O3. The summed E-state index contributed by atoms with van der Waals surface area (Å²) in [5.74, 6) is -1.63. The van der Waals surface area contributed by atoms with Gasteiger partial charge in [-0.25, -0.2) is 4.79 Å². The predicted molar refractivity (Wildman–Crippen MR) is 70.6 cm³/mol. The number of aromatic carboxylic acids is 1. The number of nitrogens with one attached hydrogen (secondary N) is 1. The summed E-state index contributed by atoms with van der Waals surface area (Å²) in [6.07, 6.45) is 2.78. The Hall–Kier alpha value is -2.40. The number of rotatable bonds is 3. The Morgan fingerprint density at radius 1 is 1.16 bits per heavy atom. The molecule has 1 aromatic heterocycles. The minimum atomic E-state index is -1.12. The van der Waals surface area contributed by atoms with Gasteiger partial charge in [-0.15, -0.1) is 0 Å². The Labute approximate surface area is 113 Å². The molecule has 19 heavy (non-hydrogen) atoms. The van der Waals surface area contributed by atoms with Gasteiger partial charge >= 0.3 is 5.97 Å². The first-order valence-electron chi connectivity index (χ1n) is 5.33. The normalized spacial score (nSPS) is 9.95. The third-order valence-electron chi connectivity index (χ3n) is 2.42. The van der Waals surface area contributed by atoms with Crippen LogP contribution in [0.4, 0.5) is 5.69 Å². The predicted octanol–water partition coefficient (Wildman–Crippen LogP) is 2.69. The number of carbonyl (C=O) groups excluding carboxylic acids is 1. The monoisotopic (exact) mass is 276 g/mol. The molecule has 0 fully saturated rings. The van der Waals surface area contributed by atoms with Crippen LogP contribution in [0.5, 0.6) is 0 Å². The smallest absolute Gasteiger partial charge is 0.337 e. The van der Waals surface area contributed by atoms with Crippen LogP contribution >= 0.6 is 11.6 Å². The van der Waals surface area contributed by atoms with Crippen LogP contribution in [0.3, 0.4) is 0 Å². The molecule has 0 saturated carbocycles. The van der Waals surface area contributed by atoms with Gasteiger partial charge in [0.15, 0.2) is 0 Å². The van der Waals surface area contributed by atoms with E-state index in [-0.39, 0.29) is 21.8 Å². The Bertz CT molecular complexity index is 643. The lowest BCUT2D eigenvalue weighted by Crippen LogP contribution is -2.15. The molecule has 96 valence electrons. The van der Waals surface area contributed by atoms with Gasteiger partial charge < -0.3 is 10.4 Å². The highest BCUT2D eigenvalue weighted by Crippen LogP contribution is 2.19. The topological polar surface area (TPSA) is 79.3 Å². The van der Waals surface area contributed by atoms with Crippen LogP contribution in [0.2, 0.25) is 5.02 Å². The fourth-order valence-corrected chi connectivity index (χ4v) is 1.70. The van der Waals surface area contributed by atoms with Gasteiger partial charge in [0.1, 0.15) is 0 Å². The number of benzene rings is 1. The van der Waals surface area contributed by atoms with Crippen molar-refractivity contribution >= 4 is 29.2 Å². The molecule has 0 unspecified atom stereocenters. The number of hydrogen-bond donors (Lipinski definition) is 2. The molecule has 0 aliphatic rings. The highest BCUT2D eigenvalue weighted by Gasteiger charge is 2.14. The number of para-hydroxylation sites is 1. The van der Waals surface area contributed by atoms with Gasteiger partial charge in [-0.3, -0.25) is 9.78 Å². The molecule has 1 amide bonds. The molecule has 0 atom stereocenters. The standard InChI is InChI=1S/C13H9ClN2O3/c14-10-5-6-15-7-9(10)12(17)16-11-4-2-1-3-8(11)13(18)19/h1-7H,(H,16,17)(H,18,19). The first kappa shape index (κ1) is 13.0. The van der Waals surface area contributed by atoms with E-state index in [9.17, 15) is 9.59 Å². The van der Waals surface area contributed by atoms with Crippen molar-refractivity contribution in [3.05, 3.63) is 58.9 Å². The van der Waals surface area contributed by atoms with E-state index in [0.29, 0.717) is 0 Å². The summed E-state index contributed by atoms with van der Waals surface area (Å²) in [6.45, 7) is 0. The second kappa shape index (κ2) is 5.49. The summed E-state index contributed by atoms with van der Waals surface area (Å²) in [6, 6.07) is 7.61. The zero-order valence-electron chi connectivity index (χ0n) is 9.63. The summed E-state index contributed by atoms with van der Waals surface area (Å²) in [5, 5.41) is 11.8. The van der Waals surface area contributed by atoms with Crippen molar-refractivity contribution in [1.82, 2.24) is 4.98 Å². The van der Waals surface area contributed by atoms with Gasteiger partial charge in [0, 0.05) is 12.4 Å². The Kier molecular flexibility index (Phi) is 3.77. The van der Waals surface area contributed by atoms with Crippen molar-refractivity contribution in [2.75, 3.05) is 5.32 Å². The van der Waals surface area contributed by atoms with E-state index in [1.54, 1.807) is 12.1 Å². The summed E-state index contributed by atoms with van der Waals surface area (Å²) in [5.41, 5.74) is 0.403. The van der Waals surface area contributed by atoms with Crippen LogP contribution in [0.1, 0.15) is 20.7 Å². The maximum atomic E-state index is 12.0. The Balaban J connectivity index is 2.30. The number of halogens is 1. The third kappa shape index (κ3) is 2.89. The number of carboxylic acid groups (broad SMARTS) is 1. The zero-order chi connectivity index (χ0) is 13.8. The lowest BCUT2D eigenvalue weighted by Gasteiger charge is -2.08. The van der Waals surface area contributed by atoms with Gasteiger partial charge in [-0.05, 0) is 18.2 Å². The molecule has 1 heterocycles. The largest absolute Gasteiger partial charge is 0.478 e. The van der Waals surface area contributed by atoms with E-state index in [4.69, 9.17) is 16.7 Å². The molecule has 0 bridgehead atoms. The van der Waals surface area contributed by atoms with Gasteiger partial charge in [0.05, 0.1) is 21.8 Å². The van der Waals surface area contributed by atoms with Crippen LogP contribution in [-0.2, 0) is 0 Å². The van der Waals surface area contributed by atoms with E-state index in [1.165, 1.54) is 30.6 Å². The summed E-state index contributed by atoms with van der Waals surface area (Å²) < 4.78 is 0. The van der Waals surface area contributed by atoms with E-state index in [0.717, 1.165) is 0 Å². The number of carboxylic acids is 1. The van der Waals surface area contributed by atoms with E-state index in [1.807, 2.05) is 0 Å². The first-order valence-corrected chi connectivity index (χ1v) is 5.70. The number of anilines is 1. The highest BCUT2D eigenvalue weighted by atomic mass is 35.5. The van der Waals surface area contributed by atoms with Crippen LogP contribution in [0.15, 0.2) is 42.7 Å². The molecule has 0 spiro atoms. The van der Waals surface area contributed by atoms with E-state index < -0.39 is 11.9 Å². The highest BCUT2D eigenvalue weighted by molar-refractivity contribution is 6.34. The molecule has 2 aromatic rings. The van der Waals surface area contributed by atoms with Crippen LogP contribution < -0.4 is 5.32 Å². The van der Waals surface area contributed by atoms with Crippen molar-refractivity contribution < 1.29 is 14.7 Å². The number of pyridine rings is 1. The summed E-state index contributed by atoms with van der Waals surface area (Å²) in [4.78, 5) is 26.8. The first-order chi connectivity index (χ1) is 9.09. The Morgan fingerprint density at radius 3 is 2.58 bits per heavy atom. The average molecular weight is 277 g/mol. The SMILES string of the molecule is O=C(Nc1ccccc1C(=O)O)c1cnccc1Cl. The lowest BCUT2D eigenvalue weighted by molar-refractivity contribution is 0.0698. The number of amides is 1. The van der Waals surface area contributed by atoms with Gasteiger partial charge in [-0.1, -0.05) is 23.7 Å². The summed E-state index contributed by atoms with van der Waals surface area (Å²) >= 11 is 5.87. The maximum absolute atomic E-state index is 12.0. The van der Waals surface area contributed by atoms with Crippen LogP contribution in [0.25, 0.3) is 0 Å². The molecule has 0 aliphatic carbocycles. The molecule has 0 saturated heterocycles. The number of carbonyl (C=O) groups is 2.